The van der Waals surface area contributed by atoms with Crippen LogP contribution >= 0.6 is 0 Å². The average molecular weight is 463 g/mol. The van der Waals surface area contributed by atoms with Gasteiger partial charge in [0, 0.05) is 37.5 Å². The summed E-state index contributed by atoms with van der Waals surface area (Å²) in [7, 11) is -3.67. The number of rotatable bonds is 4. The second kappa shape index (κ2) is 9.27. The maximum absolute atomic E-state index is 13.6. The lowest BCUT2D eigenvalue weighted by atomic mass is 9.88. The number of carbonyl (C=O) groups is 1. The van der Waals surface area contributed by atoms with Gasteiger partial charge in [0.15, 0.2) is 0 Å². The highest BCUT2D eigenvalue weighted by molar-refractivity contribution is 7.89. The summed E-state index contributed by atoms with van der Waals surface area (Å²) in [5.41, 5.74) is 2.08. The molecular formula is C27H30N2O3S. The topological polar surface area (TPSA) is 57.7 Å². The number of fused-ring (bicyclic) bond motifs is 1. The Balaban J connectivity index is 1.39. The molecule has 5 rings (SSSR count). The quantitative estimate of drug-likeness (QED) is 0.553. The number of carbonyl (C=O) groups excluding carboxylic acids is 1. The van der Waals surface area contributed by atoms with E-state index < -0.39 is 10.0 Å². The van der Waals surface area contributed by atoms with Crippen molar-refractivity contribution in [3.05, 3.63) is 66.7 Å². The van der Waals surface area contributed by atoms with Gasteiger partial charge < -0.3 is 4.90 Å². The zero-order valence-corrected chi connectivity index (χ0v) is 19.6. The average Bonchev–Trinajstić information content (AvgIpc) is 2.88. The molecule has 1 amide bonds. The molecule has 0 atom stereocenters. The van der Waals surface area contributed by atoms with Gasteiger partial charge in [-0.1, -0.05) is 79.9 Å². The Hall–Kier alpha value is -2.70. The van der Waals surface area contributed by atoms with E-state index in [1.54, 1.807) is 10.4 Å². The number of nitrogens with zero attached hydrogens (tertiary/aromatic N) is 2. The standard InChI is InChI=1S/C27H30N2O3S/c30-27(22-11-5-2-6-12-22)28-17-19-29(20-18-28)33(31,32)26-16-8-14-24-23(13-7-15-25(24)26)21-9-3-1-4-10-21/h1,3-4,7-10,13-16,22H,2,5-6,11-12,17-20H2. The predicted molar refractivity (Wildman–Crippen MR) is 131 cm³/mol. The highest BCUT2D eigenvalue weighted by Crippen LogP contribution is 2.33. The van der Waals surface area contributed by atoms with Crippen molar-refractivity contribution in [2.75, 3.05) is 26.2 Å². The summed E-state index contributed by atoms with van der Waals surface area (Å²) in [5.74, 6) is 0.334. The molecule has 0 N–H and O–H groups in total. The van der Waals surface area contributed by atoms with Crippen LogP contribution in [0, 0.1) is 5.92 Å². The smallest absolute Gasteiger partial charge is 0.243 e. The van der Waals surface area contributed by atoms with Crippen LogP contribution in [0.3, 0.4) is 0 Å². The van der Waals surface area contributed by atoms with Crippen molar-refractivity contribution < 1.29 is 13.2 Å². The lowest BCUT2D eigenvalue weighted by Gasteiger charge is -2.36. The second-order valence-electron chi connectivity index (χ2n) is 9.09. The molecule has 0 bridgehead atoms. The molecule has 3 aromatic carbocycles. The number of hydrogen-bond donors (Lipinski definition) is 0. The molecule has 0 spiro atoms. The van der Waals surface area contributed by atoms with Gasteiger partial charge in [-0.05, 0) is 35.4 Å². The zero-order valence-electron chi connectivity index (χ0n) is 18.8. The first-order valence-electron chi connectivity index (χ1n) is 11.9. The fourth-order valence-electron chi connectivity index (χ4n) is 5.27. The number of benzene rings is 3. The second-order valence-corrected chi connectivity index (χ2v) is 11.0. The summed E-state index contributed by atoms with van der Waals surface area (Å²) in [6.07, 6.45) is 5.40. The number of piperazine rings is 1. The summed E-state index contributed by atoms with van der Waals surface area (Å²) < 4.78 is 28.8. The van der Waals surface area contributed by atoms with Crippen LogP contribution in [-0.4, -0.2) is 49.7 Å². The van der Waals surface area contributed by atoms with E-state index in [1.807, 2.05) is 65.6 Å². The third-order valence-corrected chi connectivity index (χ3v) is 9.05. The molecule has 172 valence electrons. The third-order valence-electron chi connectivity index (χ3n) is 7.09. The molecule has 2 fully saturated rings. The predicted octanol–water partition coefficient (Wildman–Crippen LogP) is 4.92. The maximum Gasteiger partial charge on any atom is 0.243 e. The molecule has 5 nitrogen and oxygen atoms in total. The Morgan fingerprint density at radius 3 is 2.12 bits per heavy atom. The van der Waals surface area contributed by atoms with Crippen molar-refractivity contribution in [1.29, 1.82) is 0 Å². The van der Waals surface area contributed by atoms with E-state index >= 15 is 0 Å². The SMILES string of the molecule is O=C(C1CCCCC1)N1CCN(S(=O)(=O)c2cccc3c(-c4ccccc4)cccc23)CC1. The van der Waals surface area contributed by atoms with E-state index in [2.05, 4.69) is 0 Å². The summed E-state index contributed by atoms with van der Waals surface area (Å²) in [6, 6.07) is 21.4. The van der Waals surface area contributed by atoms with Crippen LogP contribution in [0.2, 0.25) is 0 Å². The monoisotopic (exact) mass is 462 g/mol. The zero-order chi connectivity index (χ0) is 22.8. The van der Waals surface area contributed by atoms with Gasteiger partial charge in [-0.25, -0.2) is 8.42 Å². The summed E-state index contributed by atoms with van der Waals surface area (Å²) >= 11 is 0. The first kappa shape index (κ1) is 22.1. The van der Waals surface area contributed by atoms with Gasteiger partial charge in [-0.15, -0.1) is 0 Å². The number of sulfonamides is 1. The van der Waals surface area contributed by atoms with E-state index in [0.29, 0.717) is 31.1 Å². The molecule has 0 unspecified atom stereocenters. The lowest BCUT2D eigenvalue weighted by molar-refractivity contribution is -0.137. The molecule has 2 aliphatic rings. The van der Waals surface area contributed by atoms with Crippen LogP contribution in [-0.2, 0) is 14.8 Å². The largest absolute Gasteiger partial charge is 0.340 e. The van der Waals surface area contributed by atoms with Crippen molar-refractivity contribution in [1.82, 2.24) is 9.21 Å². The Morgan fingerprint density at radius 1 is 0.727 bits per heavy atom. The van der Waals surface area contributed by atoms with Crippen molar-refractivity contribution >= 4 is 26.7 Å². The minimum Gasteiger partial charge on any atom is -0.340 e. The van der Waals surface area contributed by atoms with E-state index in [-0.39, 0.29) is 11.8 Å². The highest BCUT2D eigenvalue weighted by atomic mass is 32.2. The van der Waals surface area contributed by atoms with Gasteiger partial charge >= 0.3 is 0 Å². The number of amides is 1. The van der Waals surface area contributed by atoms with Crippen molar-refractivity contribution in [3.63, 3.8) is 0 Å². The summed E-state index contributed by atoms with van der Waals surface area (Å²) in [6.45, 7) is 1.62. The molecule has 1 aliphatic carbocycles. The Kier molecular flexibility index (Phi) is 6.21. The molecule has 1 saturated carbocycles. The van der Waals surface area contributed by atoms with Gasteiger partial charge in [0.25, 0.3) is 0 Å². The van der Waals surface area contributed by atoms with Gasteiger partial charge in [-0.2, -0.15) is 4.31 Å². The minimum atomic E-state index is -3.67. The summed E-state index contributed by atoms with van der Waals surface area (Å²) in [4.78, 5) is 15.1. The molecular weight excluding hydrogens is 432 g/mol. The molecule has 6 heteroatoms. The van der Waals surface area contributed by atoms with Crippen LogP contribution < -0.4 is 0 Å². The molecule has 1 saturated heterocycles. The molecule has 1 aliphatic heterocycles. The molecule has 0 aromatic heterocycles. The molecule has 33 heavy (non-hydrogen) atoms. The van der Waals surface area contributed by atoms with E-state index in [4.69, 9.17) is 0 Å². The molecule has 0 radical (unpaired) electrons. The minimum absolute atomic E-state index is 0.122. The first-order chi connectivity index (χ1) is 16.1. The van der Waals surface area contributed by atoms with Gasteiger partial charge in [0.1, 0.15) is 0 Å². The van der Waals surface area contributed by atoms with Crippen LogP contribution in [0.1, 0.15) is 32.1 Å². The van der Waals surface area contributed by atoms with E-state index in [0.717, 1.165) is 47.6 Å². The molecule has 3 aromatic rings. The van der Waals surface area contributed by atoms with Gasteiger partial charge in [0.05, 0.1) is 4.90 Å². The Bertz CT molecular complexity index is 1240. The Labute approximate surface area is 196 Å². The van der Waals surface area contributed by atoms with Crippen molar-refractivity contribution in [3.8, 4) is 11.1 Å². The first-order valence-corrected chi connectivity index (χ1v) is 13.4. The summed E-state index contributed by atoms with van der Waals surface area (Å²) in [5, 5.41) is 1.66. The lowest BCUT2D eigenvalue weighted by Crippen LogP contribution is -2.52. The van der Waals surface area contributed by atoms with Crippen LogP contribution in [0.25, 0.3) is 21.9 Å². The number of hydrogen-bond acceptors (Lipinski definition) is 3. The fraction of sp³-hybridized carbons (Fsp3) is 0.370. The van der Waals surface area contributed by atoms with E-state index in [9.17, 15) is 13.2 Å². The van der Waals surface area contributed by atoms with Gasteiger partial charge in [-0.3, -0.25) is 4.79 Å². The van der Waals surface area contributed by atoms with E-state index in [1.165, 1.54) is 6.42 Å². The van der Waals surface area contributed by atoms with Crippen LogP contribution in [0.5, 0.6) is 0 Å². The fourth-order valence-corrected chi connectivity index (χ4v) is 6.90. The normalized spacial score (nSPS) is 18.5. The van der Waals surface area contributed by atoms with Crippen LogP contribution in [0.15, 0.2) is 71.6 Å². The highest BCUT2D eigenvalue weighted by Gasteiger charge is 2.33. The Morgan fingerprint density at radius 2 is 1.39 bits per heavy atom. The molecule has 1 heterocycles. The third kappa shape index (κ3) is 4.30. The van der Waals surface area contributed by atoms with Crippen LogP contribution in [0.4, 0.5) is 0 Å². The van der Waals surface area contributed by atoms with Crippen molar-refractivity contribution in [2.45, 2.75) is 37.0 Å². The van der Waals surface area contributed by atoms with Gasteiger partial charge in [0.2, 0.25) is 15.9 Å². The van der Waals surface area contributed by atoms with Crippen molar-refractivity contribution in [2.24, 2.45) is 5.92 Å². The maximum atomic E-state index is 13.6.